The van der Waals surface area contributed by atoms with Gasteiger partial charge in [0, 0.05) is 42.2 Å². The first-order chi connectivity index (χ1) is 21.3. The SMILES string of the molecule is CC(C)(C)NC(=O)C1(C2CCCCC2)CCN(C(=O)[C@@H](Cc2ccc(Cl)cc2)NC(=O)c2cc(=O)c3ccc(F)cc3o2)CC1. The van der Waals surface area contributed by atoms with Crippen LogP contribution < -0.4 is 16.1 Å². The first-order valence-electron chi connectivity index (χ1n) is 15.7. The van der Waals surface area contributed by atoms with Gasteiger partial charge < -0.3 is 20.0 Å². The first kappa shape index (κ1) is 32.7. The van der Waals surface area contributed by atoms with E-state index < -0.39 is 28.6 Å². The van der Waals surface area contributed by atoms with Crippen LogP contribution in [0.5, 0.6) is 0 Å². The van der Waals surface area contributed by atoms with Gasteiger partial charge in [-0.25, -0.2) is 4.39 Å². The Hall–Kier alpha value is -3.72. The van der Waals surface area contributed by atoms with Crippen molar-refractivity contribution in [2.24, 2.45) is 11.3 Å². The second-order valence-corrected chi connectivity index (χ2v) is 13.9. The molecule has 2 heterocycles. The zero-order valence-electron chi connectivity index (χ0n) is 26.1. The first-order valence-corrected chi connectivity index (χ1v) is 16.1. The fourth-order valence-corrected chi connectivity index (χ4v) is 6.94. The summed E-state index contributed by atoms with van der Waals surface area (Å²) in [7, 11) is 0. The highest BCUT2D eigenvalue weighted by Gasteiger charge is 2.49. The van der Waals surface area contributed by atoms with Crippen LogP contribution in [-0.4, -0.2) is 47.3 Å². The number of carbonyl (C=O) groups excluding carboxylic acids is 3. The van der Waals surface area contributed by atoms with Crippen molar-refractivity contribution in [3.63, 3.8) is 0 Å². The summed E-state index contributed by atoms with van der Waals surface area (Å²) in [6, 6.07) is 10.6. The average Bonchev–Trinajstić information content (AvgIpc) is 3.00. The van der Waals surface area contributed by atoms with Crippen molar-refractivity contribution in [2.75, 3.05) is 13.1 Å². The number of fused-ring (bicyclic) bond motifs is 1. The van der Waals surface area contributed by atoms with Gasteiger partial charge in [-0.15, -0.1) is 0 Å². The summed E-state index contributed by atoms with van der Waals surface area (Å²) < 4.78 is 19.4. The zero-order valence-corrected chi connectivity index (χ0v) is 26.8. The normalized spacial score (nSPS) is 17.9. The highest BCUT2D eigenvalue weighted by molar-refractivity contribution is 6.30. The number of hydrogen-bond donors (Lipinski definition) is 2. The lowest BCUT2D eigenvalue weighted by molar-refractivity contribution is -0.147. The zero-order chi connectivity index (χ0) is 32.4. The van der Waals surface area contributed by atoms with E-state index in [-0.39, 0.29) is 46.4 Å². The van der Waals surface area contributed by atoms with E-state index in [0.29, 0.717) is 31.0 Å². The van der Waals surface area contributed by atoms with Gasteiger partial charge in [0.1, 0.15) is 17.4 Å². The molecule has 5 rings (SSSR count). The van der Waals surface area contributed by atoms with Gasteiger partial charge in [-0.1, -0.05) is 43.0 Å². The summed E-state index contributed by atoms with van der Waals surface area (Å²) in [4.78, 5) is 55.7. The lowest BCUT2D eigenvalue weighted by atomic mass is 9.63. The van der Waals surface area contributed by atoms with Gasteiger partial charge in [-0.05, 0) is 82.2 Å². The smallest absolute Gasteiger partial charge is 0.287 e. The number of nitrogens with zero attached hydrogens (tertiary/aromatic N) is 1. The minimum Gasteiger partial charge on any atom is -0.451 e. The van der Waals surface area contributed by atoms with Gasteiger partial charge in [0.2, 0.25) is 11.8 Å². The number of benzene rings is 2. The number of likely N-dealkylation sites (tertiary alicyclic amines) is 1. The monoisotopic (exact) mass is 637 g/mol. The van der Waals surface area contributed by atoms with Crippen molar-refractivity contribution in [3.8, 4) is 0 Å². The molecule has 0 unspecified atom stereocenters. The number of rotatable bonds is 7. The molecule has 2 aromatic carbocycles. The van der Waals surface area contributed by atoms with E-state index >= 15 is 0 Å². The number of amides is 3. The largest absolute Gasteiger partial charge is 0.451 e. The van der Waals surface area contributed by atoms with Crippen LogP contribution in [0.3, 0.4) is 0 Å². The number of piperidine rings is 1. The van der Waals surface area contributed by atoms with E-state index in [1.807, 2.05) is 20.8 Å². The average molecular weight is 638 g/mol. The van der Waals surface area contributed by atoms with Gasteiger partial charge in [0.15, 0.2) is 11.2 Å². The summed E-state index contributed by atoms with van der Waals surface area (Å²) in [5, 5.41) is 6.68. The van der Waals surface area contributed by atoms with Crippen LogP contribution in [0.1, 0.15) is 81.8 Å². The molecule has 2 aliphatic rings. The van der Waals surface area contributed by atoms with Gasteiger partial charge >= 0.3 is 0 Å². The Labute approximate surface area is 267 Å². The lowest BCUT2D eigenvalue weighted by Gasteiger charge is -2.48. The van der Waals surface area contributed by atoms with Crippen LogP contribution in [0, 0.1) is 17.2 Å². The molecule has 3 aromatic rings. The van der Waals surface area contributed by atoms with Crippen molar-refractivity contribution in [1.82, 2.24) is 15.5 Å². The molecular weight excluding hydrogens is 597 g/mol. The Morgan fingerprint density at radius 1 is 1.02 bits per heavy atom. The summed E-state index contributed by atoms with van der Waals surface area (Å²) in [6.45, 7) is 6.71. The van der Waals surface area contributed by atoms with Crippen LogP contribution in [0.4, 0.5) is 4.39 Å². The Morgan fingerprint density at radius 2 is 1.69 bits per heavy atom. The number of halogens is 2. The van der Waals surface area contributed by atoms with E-state index in [1.165, 1.54) is 12.5 Å². The van der Waals surface area contributed by atoms with Crippen molar-refractivity contribution < 1.29 is 23.2 Å². The molecule has 0 bridgehead atoms. The van der Waals surface area contributed by atoms with Crippen LogP contribution in [0.15, 0.2) is 57.7 Å². The summed E-state index contributed by atoms with van der Waals surface area (Å²) in [6.07, 6.45) is 6.63. The fourth-order valence-electron chi connectivity index (χ4n) is 6.81. The van der Waals surface area contributed by atoms with Gasteiger partial charge in [-0.2, -0.15) is 0 Å². The van der Waals surface area contributed by atoms with E-state index in [9.17, 15) is 23.6 Å². The van der Waals surface area contributed by atoms with Crippen LogP contribution >= 0.6 is 11.6 Å². The van der Waals surface area contributed by atoms with Crippen molar-refractivity contribution in [3.05, 3.63) is 80.9 Å². The Kier molecular flexibility index (Phi) is 9.68. The van der Waals surface area contributed by atoms with Crippen LogP contribution in [0.2, 0.25) is 5.02 Å². The third-order valence-electron chi connectivity index (χ3n) is 9.17. The maximum Gasteiger partial charge on any atom is 0.287 e. The third kappa shape index (κ3) is 7.57. The molecular formula is C35H41ClFN3O5. The molecule has 240 valence electrons. The quantitative estimate of drug-likeness (QED) is 0.329. The maximum atomic E-state index is 14.1. The van der Waals surface area contributed by atoms with Crippen LogP contribution in [-0.2, 0) is 16.0 Å². The number of carbonyl (C=O) groups is 3. The maximum absolute atomic E-state index is 14.1. The Balaban J connectivity index is 1.38. The second-order valence-electron chi connectivity index (χ2n) is 13.5. The molecule has 8 nitrogen and oxygen atoms in total. The molecule has 1 aliphatic carbocycles. The topological polar surface area (TPSA) is 109 Å². The number of nitrogens with one attached hydrogen (secondary N) is 2. The molecule has 1 aromatic heterocycles. The van der Waals surface area contributed by atoms with Crippen molar-refractivity contribution in [2.45, 2.75) is 83.7 Å². The predicted molar refractivity (Wildman–Crippen MR) is 172 cm³/mol. The highest BCUT2D eigenvalue weighted by Crippen LogP contribution is 2.46. The predicted octanol–water partition coefficient (Wildman–Crippen LogP) is 6.03. The summed E-state index contributed by atoms with van der Waals surface area (Å²) in [5.41, 5.74) is -0.701. The highest BCUT2D eigenvalue weighted by atomic mass is 35.5. The number of hydrogen-bond acceptors (Lipinski definition) is 5. The van der Waals surface area contributed by atoms with Gasteiger partial charge in [0.05, 0.1) is 10.8 Å². The molecule has 3 amide bonds. The Bertz CT molecular complexity index is 1620. The molecule has 2 N–H and O–H groups in total. The van der Waals surface area contributed by atoms with Gasteiger partial charge in [-0.3, -0.25) is 19.2 Å². The molecule has 0 radical (unpaired) electrons. The molecule has 1 aliphatic heterocycles. The molecule has 0 spiro atoms. The van der Waals surface area contributed by atoms with Crippen molar-refractivity contribution in [1.29, 1.82) is 0 Å². The molecule has 2 fully saturated rings. The second kappa shape index (κ2) is 13.3. The Morgan fingerprint density at radius 3 is 2.33 bits per heavy atom. The summed E-state index contributed by atoms with van der Waals surface area (Å²) in [5.74, 6) is -1.66. The standard InChI is InChI=1S/C35H41ClFN3O5/c1-34(2,3)39-33(44)35(23-7-5-4-6-8-23)15-17-40(18-16-35)32(43)27(19-22-9-11-24(36)12-10-22)38-31(42)30-21-28(41)26-14-13-25(37)20-29(26)45-30/h9-14,20-21,23,27H,4-8,15-19H2,1-3H3,(H,38,42)(H,39,44)/t27-/m1/s1. The molecule has 1 saturated carbocycles. The minimum atomic E-state index is -0.988. The van der Waals surface area contributed by atoms with Gasteiger partial charge in [0.25, 0.3) is 5.91 Å². The summed E-state index contributed by atoms with van der Waals surface area (Å²) >= 11 is 6.08. The molecule has 1 atom stereocenters. The third-order valence-corrected chi connectivity index (χ3v) is 9.42. The fraction of sp³-hybridized carbons (Fsp3) is 0.486. The lowest BCUT2D eigenvalue weighted by Crippen LogP contribution is -2.59. The minimum absolute atomic E-state index is 0.0581. The molecule has 10 heteroatoms. The molecule has 1 saturated heterocycles. The van der Waals surface area contributed by atoms with E-state index in [4.69, 9.17) is 16.0 Å². The van der Waals surface area contributed by atoms with Crippen LogP contribution in [0.25, 0.3) is 11.0 Å². The van der Waals surface area contributed by atoms with Crippen molar-refractivity contribution >= 4 is 40.3 Å². The molecule has 45 heavy (non-hydrogen) atoms. The van der Waals surface area contributed by atoms with E-state index in [2.05, 4.69) is 10.6 Å². The van der Waals surface area contributed by atoms with E-state index in [0.717, 1.165) is 49.4 Å². The van der Waals surface area contributed by atoms with E-state index in [1.54, 1.807) is 29.2 Å².